The number of methoxy groups -OCH3 is 1. The van der Waals surface area contributed by atoms with Gasteiger partial charge in [-0.25, -0.2) is 0 Å². The highest BCUT2D eigenvalue weighted by Crippen LogP contribution is 2.47. The van der Waals surface area contributed by atoms with Crippen molar-refractivity contribution in [2.75, 3.05) is 13.9 Å². The second kappa shape index (κ2) is 10.3. The molecule has 0 bridgehead atoms. The van der Waals surface area contributed by atoms with E-state index in [1.54, 1.807) is 14.0 Å². The molecule has 0 fully saturated rings. The Kier molecular flexibility index (Phi) is 7.98. The van der Waals surface area contributed by atoms with Gasteiger partial charge >= 0.3 is 0 Å². The number of benzene rings is 1. The predicted molar refractivity (Wildman–Crippen MR) is 129 cm³/mol. The van der Waals surface area contributed by atoms with Crippen molar-refractivity contribution in [2.24, 2.45) is 0 Å². The van der Waals surface area contributed by atoms with Crippen molar-refractivity contribution in [1.82, 2.24) is 5.32 Å². The SMILES string of the molecule is C=C(C)OCOC(=C)C1=C(C)NC(/C(C)=C\C)=C(C(=C)C)C1c1ccc(C)cc1OC. The van der Waals surface area contributed by atoms with Gasteiger partial charge in [-0.05, 0) is 64.3 Å². The van der Waals surface area contributed by atoms with Gasteiger partial charge in [0.15, 0.2) is 0 Å². The Bertz CT molecular complexity index is 992. The van der Waals surface area contributed by atoms with Gasteiger partial charge < -0.3 is 19.5 Å². The lowest BCUT2D eigenvalue weighted by Gasteiger charge is -2.35. The molecule has 31 heavy (non-hydrogen) atoms. The van der Waals surface area contributed by atoms with Crippen molar-refractivity contribution in [3.05, 3.63) is 100 Å². The number of ether oxygens (including phenoxy) is 3. The van der Waals surface area contributed by atoms with Gasteiger partial charge in [0.2, 0.25) is 6.79 Å². The molecule has 1 aromatic carbocycles. The zero-order valence-corrected chi connectivity index (χ0v) is 19.9. The number of rotatable bonds is 9. The molecule has 1 aromatic rings. The highest BCUT2D eigenvalue weighted by Gasteiger charge is 2.34. The standard InChI is InChI=1S/C27H35NO3/c1-11-19(7)27-24(16(2)3)26(22-13-12-18(6)14-23(22)29-10)25(20(8)28-27)21(9)31-15-30-17(4)5/h11-14,26,28H,2,4,9,15H2,1,3,5-8,10H3/b19-11-. The molecule has 0 radical (unpaired) electrons. The minimum atomic E-state index is -0.156. The summed E-state index contributed by atoms with van der Waals surface area (Å²) in [6, 6.07) is 6.26. The fourth-order valence-electron chi connectivity index (χ4n) is 3.76. The average Bonchev–Trinajstić information content (AvgIpc) is 2.71. The lowest BCUT2D eigenvalue weighted by atomic mass is 9.76. The fraction of sp³-hybridized carbons (Fsp3) is 0.333. The summed E-state index contributed by atoms with van der Waals surface area (Å²) >= 11 is 0. The summed E-state index contributed by atoms with van der Waals surface area (Å²) in [5.41, 5.74) is 8.32. The first-order chi connectivity index (χ1) is 14.6. The summed E-state index contributed by atoms with van der Waals surface area (Å²) in [6.07, 6.45) is 2.10. The van der Waals surface area contributed by atoms with Crippen molar-refractivity contribution in [3.8, 4) is 5.75 Å². The lowest BCUT2D eigenvalue weighted by Crippen LogP contribution is -2.28. The second-order valence-corrected chi connectivity index (χ2v) is 7.91. The molecule has 166 valence electrons. The van der Waals surface area contributed by atoms with E-state index in [0.29, 0.717) is 11.5 Å². The van der Waals surface area contributed by atoms with Gasteiger partial charge in [-0.15, -0.1) is 0 Å². The molecule has 1 aliphatic rings. The number of hydrogen-bond donors (Lipinski definition) is 1. The van der Waals surface area contributed by atoms with Crippen LogP contribution in [-0.4, -0.2) is 13.9 Å². The van der Waals surface area contributed by atoms with E-state index in [2.05, 4.69) is 63.2 Å². The van der Waals surface area contributed by atoms with Crippen molar-refractivity contribution < 1.29 is 14.2 Å². The zero-order valence-electron chi connectivity index (χ0n) is 19.9. The molecule has 1 aliphatic heterocycles. The van der Waals surface area contributed by atoms with Gasteiger partial charge in [0.1, 0.15) is 11.5 Å². The van der Waals surface area contributed by atoms with Gasteiger partial charge in [-0.1, -0.05) is 43.5 Å². The number of aryl methyl sites for hydroxylation is 1. The molecule has 4 nitrogen and oxygen atoms in total. The maximum Gasteiger partial charge on any atom is 0.230 e. The molecular formula is C27H35NO3. The quantitative estimate of drug-likeness (QED) is 0.352. The first-order valence-electron chi connectivity index (χ1n) is 10.4. The van der Waals surface area contributed by atoms with E-state index in [9.17, 15) is 0 Å². The third-order valence-corrected chi connectivity index (χ3v) is 5.39. The number of allylic oxidation sites excluding steroid dienone is 7. The van der Waals surface area contributed by atoms with Crippen molar-refractivity contribution in [2.45, 2.75) is 47.5 Å². The van der Waals surface area contributed by atoms with Gasteiger partial charge in [0.25, 0.3) is 0 Å². The summed E-state index contributed by atoms with van der Waals surface area (Å²) in [5.74, 6) is 1.79. The zero-order chi connectivity index (χ0) is 23.3. The van der Waals surface area contributed by atoms with Crippen LogP contribution in [0.4, 0.5) is 0 Å². The Morgan fingerprint density at radius 3 is 2.29 bits per heavy atom. The molecule has 2 rings (SSSR count). The Balaban J connectivity index is 2.73. The van der Waals surface area contributed by atoms with Crippen LogP contribution >= 0.6 is 0 Å². The molecule has 0 spiro atoms. The molecule has 1 atom stereocenters. The normalized spacial score (nSPS) is 16.6. The van der Waals surface area contributed by atoms with Gasteiger partial charge in [-0.3, -0.25) is 0 Å². The van der Waals surface area contributed by atoms with Crippen LogP contribution in [0.15, 0.2) is 89.2 Å². The molecule has 0 aromatic heterocycles. The van der Waals surface area contributed by atoms with Crippen LogP contribution in [-0.2, 0) is 9.47 Å². The third-order valence-electron chi connectivity index (χ3n) is 5.39. The summed E-state index contributed by atoms with van der Waals surface area (Å²) in [6.45, 7) is 24.4. The maximum absolute atomic E-state index is 5.88. The van der Waals surface area contributed by atoms with Crippen LogP contribution in [0.3, 0.4) is 0 Å². The van der Waals surface area contributed by atoms with Crippen LogP contribution in [0.5, 0.6) is 5.75 Å². The summed E-state index contributed by atoms with van der Waals surface area (Å²) in [5, 5.41) is 3.57. The molecule has 1 heterocycles. The number of nitrogens with one attached hydrogen (secondary N) is 1. The second-order valence-electron chi connectivity index (χ2n) is 7.91. The summed E-state index contributed by atoms with van der Waals surface area (Å²) < 4.78 is 17.1. The van der Waals surface area contributed by atoms with E-state index in [4.69, 9.17) is 14.2 Å². The lowest BCUT2D eigenvalue weighted by molar-refractivity contribution is 0.0182. The third kappa shape index (κ3) is 5.32. The molecule has 1 N–H and O–H groups in total. The van der Waals surface area contributed by atoms with E-state index in [-0.39, 0.29) is 12.7 Å². The fourth-order valence-corrected chi connectivity index (χ4v) is 3.76. The number of hydrogen-bond acceptors (Lipinski definition) is 4. The summed E-state index contributed by atoms with van der Waals surface area (Å²) in [4.78, 5) is 0. The predicted octanol–water partition coefficient (Wildman–Crippen LogP) is 6.80. The van der Waals surface area contributed by atoms with E-state index >= 15 is 0 Å². The monoisotopic (exact) mass is 421 g/mol. The Morgan fingerprint density at radius 2 is 1.74 bits per heavy atom. The minimum absolute atomic E-state index is 0.0512. The van der Waals surface area contributed by atoms with Crippen molar-refractivity contribution in [3.63, 3.8) is 0 Å². The van der Waals surface area contributed by atoms with E-state index in [1.807, 2.05) is 20.8 Å². The highest BCUT2D eigenvalue weighted by atomic mass is 16.7. The molecule has 1 unspecified atom stereocenters. The topological polar surface area (TPSA) is 39.7 Å². The first kappa shape index (κ1) is 24.1. The van der Waals surface area contributed by atoms with Crippen molar-refractivity contribution >= 4 is 0 Å². The minimum Gasteiger partial charge on any atom is -0.496 e. The van der Waals surface area contributed by atoms with E-state index in [1.165, 1.54) is 0 Å². The molecule has 0 saturated heterocycles. The van der Waals surface area contributed by atoms with Crippen LogP contribution < -0.4 is 10.1 Å². The molecular weight excluding hydrogens is 386 g/mol. The molecule has 4 heteroatoms. The van der Waals surface area contributed by atoms with Gasteiger partial charge in [-0.2, -0.15) is 0 Å². The molecule has 0 amide bonds. The van der Waals surface area contributed by atoms with E-state index < -0.39 is 0 Å². The highest BCUT2D eigenvalue weighted by molar-refractivity contribution is 5.62. The van der Waals surface area contributed by atoms with Crippen LogP contribution in [0.2, 0.25) is 0 Å². The van der Waals surface area contributed by atoms with Crippen LogP contribution in [0, 0.1) is 6.92 Å². The van der Waals surface area contributed by atoms with Crippen molar-refractivity contribution in [1.29, 1.82) is 0 Å². The molecule has 0 aliphatic carbocycles. The number of dihydropyridines is 1. The van der Waals surface area contributed by atoms with Gasteiger partial charge in [0, 0.05) is 28.4 Å². The Morgan fingerprint density at radius 1 is 1.06 bits per heavy atom. The van der Waals surface area contributed by atoms with Crippen LogP contribution in [0.25, 0.3) is 0 Å². The van der Waals surface area contributed by atoms with E-state index in [0.717, 1.165) is 50.6 Å². The maximum atomic E-state index is 5.88. The largest absolute Gasteiger partial charge is 0.496 e. The van der Waals surface area contributed by atoms with Gasteiger partial charge in [0.05, 0.1) is 12.9 Å². The first-order valence-corrected chi connectivity index (χ1v) is 10.4. The van der Waals surface area contributed by atoms with Crippen LogP contribution in [0.1, 0.15) is 51.7 Å². The Hall–Kier alpha value is -3.14. The summed E-state index contributed by atoms with van der Waals surface area (Å²) in [7, 11) is 1.70. The average molecular weight is 422 g/mol. The molecule has 0 saturated carbocycles. The Labute approximate surface area is 187 Å². The smallest absolute Gasteiger partial charge is 0.230 e.